The van der Waals surface area contributed by atoms with Crippen molar-refractivity contribution in [1.82, 2.24) is 0 Å². The van der Waals surface area contributed by atoms with E-state index < -0.39 is 29.0 Å². The smallest absolute Gasteiger partial charge is 0.187 e. The number of carbonyl (C=O) groups excluding carboxylic acids is 1. The van der Waals surface area contributed by atoms with Gasteiger partial charge in [-0.25, -0.2) is 8.78 Å². The quantitative estimate of drug-likeness (QED) is 0.794. The fraction of sp³-hybridized carbons (Fsp3) is 0.364. The van der Waals surface area contributed by atoms with Crippen molar-refractivity contribution in [3.8, 4) is 0 Å². The third-order valence-electron chi connectivity index (χ3n) is 2.21. The predicted octanol–water partition coefficient (Wildman–Crippen LogP) is 1.43. The van der Waals surface area contributed by atoms with Gasteiger partial charge < -0.3 is 10.5 Å². The third-order valence-corrected chi connectivity index (χ3v) is 2.21. The molecule has 0 aliphatic carbocycles. The van der Waals surface area contributed by atoms with Gasteiger partial charge in [0.25, 0.3) is 0 Å². The average molecular weight is 229 g/mol. The standard InChI is InChI=1S/C11H13F2NO2/c1-6-3-4-7(12)9(10(6)13)11(15)8(14)5-16-2/h3-4,8H,5,14H2,1-2H3. The summed E-state index contributed by atoms with van der Waals surface area (Å²) in [7, 11) is 1.36. The lowest BCUT2D eigenvalue weighted by Crippen LogP contribution is -2.36. The Morgan fingerprint density at radius 2 is 2.12 bits per heavy atom. The van der Waals surface area contributed by atoms with Crippen molar-refractivity contribution in [3.63, 3.8) is 0 Å². The summed E-state index contributed by atoms with van der Waals surface area (Å²) in [6, 6.07) is 1.25. The molecule has 0 saturated heterocycles. The minimum absolute atomic E-state index is 0.0777. The van der Waals surface area contributed by atoms with E-state index in [1.807, 2.05) is 0 Å². The van der Waals surface area contributed by atoms with Gasteiger partial charge in [-0.3, -0.25) is 4.79 Å². The van der Waals surface area contributed by atoms with Crippen LogP contribution in [0.4, 0.5) is 8.78 Å². The molecule has 0 radical (unpaired) electrons. The molecular formula is C11H13F2NO2. The van der Waals surface area contributed by atoms with Crippen molar-refractivity contribution in [3.05, 3.63) is 34.9 Å². The van der Waals surface area contributed by atoms with Crippen LogP contribution in [0.2, 0.25) is 0 Å². The number of hydrogen-bond acceptors (Lipinski definition) is 3. The Balaban J connectivity index is 3.12. The maximum atomic E-state index is 13.6. The number of ketones is 1. The zero-order valence-electron chi connectivity index (χ0n) is 9.09. The Morgan fingerprint density at radius 3 is 2.69 bits per heavy atom. The first kappa shape index (κ1) is 12.7. The molecule has 1 aromatic carbocycles. The molecule has 0 aromatic heterocycles. The number of carbonyl (C=O) groups is 1. The van der Waals surface area contributed by atoms with Gasteiger partial charge in [-0.15, -0.1) is 0 Å². The highest BCUT2D eigenvalue weighted by Crippen LogP contribution is 2.17. The summed E-state index contributed by atoms with van der Waals surface area (Å²) in [5.74, 6) is -2.56. The largest absolute Gasteiger partial charge is 0.383 e. The maximum Gasteiger partial charge on any atom is 0.187 e. The van der Waals surface area contributed by atoms with Crippen LogP contribution in [0.3, 0.4) is 0 Å². The zero-order valence-corrected chi connectivity index (χ0v) is 9.09. The number of methoxy groups -OCH3 is 1. The van der Waals surface area contributed by atoms with Crippen LogP contribution in [-0.2, 0) is 4.74 Å². The molecule has 0 heterocycles. The molecule has 2 N–H and O–H groups in total. The number of rotatable bonds is 4. The van der Waals surface area contributed by atoms with Gasteiger partial charge in [0.1, 0.15) is 11.6 Å². The fourth-order valence-corrected chi connectivity index (χ4v) is 1.32. The van der Waals surface area contributed by atoms with Crippen LogP contribution < -0.4 is 5.73 Å². The van der Waals surface area contributed by atoms with Crippen molar-refractivity contribution in [1.29, 1.82) is 0 Å². The summed E-state index contributed by atoms with van der Waals surface area (Å²) in [5, 5.41) is 0. The number of nitrogens with two attached hydrogens (primary N) is 1. The Kier molecular flexibility index (Phi) is 4.09. The molecule has 1 atom stereocenters. The van der Waals surface area contributed by atoms with E-state index in [-0.39, 0.29) is 12.2 Å². The van der Waals surface area contributed by atoms with Gasteiger partial charge >= 0.3 is 0 Å². The Hall–Kier alpha value is -1.33. The summed E-state index contributed by atoms with van der Waals surface area (Å²) in [4.78, 5) is 11.6. The molecule has 88 valence electrons. The molecule has 0 aliphatic rings. The third kappa shape index (κ3) is 2.43. The molecule has 16 heavy (non-hydrogen) atoms. The fourth-order valence-electron chi connectivity index (χ4n) is 1.32. The van der Waals surface area contributed by atoms with Crippen LogP contribution in [0.15, 0.2) is 12.1 Å². The molecular weight excluding hydrogens is 216 g/mol. The topological polar surface area (TPSA) is 52.3 Å². The highest BCUT2D eigenvalue weighted by atomic mass is 19.1. The minimum Gasteiger partial charge on any atom is -0.383 e. The summed E-state index contributed by atoms with van der Waals surface area (Å²) < 4.78 is 31.5. The van der Waals surface area contributed by atoms with E-state index in [4.69, 9.17) is 5.73 Å². The second-order valence-corrected chi connectivity index (χ2v) is 3.48. The van der Waals surface area contributed by atoms with Crippen LogP contribution in [0, 0.1) is 18.6 Å². The van der Waals surface area contributed by atoms with Gasteiger partial charge in [0.2, 0.25) is 0 Å². The van der Waals surface area contributed by atoms with Crippen molar-refractivity contribution in [2.45, 2.75) is 13.0 Å². The van der Waals surface area contributed by atoms with Crippen LogP contribution in [0.25, 0.3) is 0 Å². The van der Waals surface area contributed by atoms with Gasteiger partial charge in [-0.1, -0.05) is 6.07 Å². The van der Waals surface area contributed by atoms with Gasteiger partial charge in [-0.2, -0.15) is 0 Å². The molecule has 5 heteroatoms. The van der Waals surface area contributed by atoms with Crippen molar-refractivity contribution in [2.75, 3.05) is 13.7 Å². The maximum absolute atomic E-state index is 13.6. The molecule has 1 rings (SSSR count). The normalized spacial score (nSPS) is 12.6. The van der Waals surface area contributed by atoms with Crippen LogP contribution in [0.5, 0.6) is 0 Å². The van der Waals surface area contributed by atoms with Crippen LogP contribution in [-0.4, -0.2) is 25.5 Å². The SMILES string of the molecule is COCC(N)C(=O)c1c(F)ccc(C)c1F. The second kappa shape index (κ2) is 5.14. The number of ether oxygens (including phenoxy) is 1. The van der Waals surface area contributed by atoms with E-state index >= 15 is 0 Å². The summed E-state index contributed by atoms with van der Waals surface area (Å²) in [5.41, 5.74) is 5.05. The predicted molar refractivity (Wildman–Crippen MR) is 55.3 cm³/mol. The highest BCUT2D eigenvalue weighted by molar-refractivity contribution is 6.00. The number of aryl methyl sites for hydroxylation is 1. The van der Waals surface area contributed by atoms with E-state index in [2.05, 4.69) is 4.74 Å². The van der Waals surface area contributed by atoms with E-state index in [1.165, 1.54) is 20.1 Å². The molecule has 0 bridgehead atoms. The lowest BCUT2D eigenvalue weighted by molar-refractivity contribution is 0.0884. The summed E-state index contributed by atoms with van der Waals surface area (Å²) in [6.45, 7) is 1.37. The van der Waals surface area contributed by atoms with Gasteiger partial charge in [0.05, 0.1) is 18.2 Å². The number of benzene rings is 1. The first-order valence-corrected chi connectivity index (χ1v) is 4.72. The zero-order chi connectivity index (χ0) is 12.3. The molecule has 0 spiro atoms. The van der Waals surface area contributed by atoms with Gasteiger partial charge in [-0.05, 0) is 18.6 Å². The lowest BCUT2D eigenvalue weighted by atomic mass is 10.0. The Labute approximate surface area is 92.2 Å². The number of Topliss-reactive ketones (excluding diaryl/α,β-unsaturated/α-hetero) is 1. The molecule has 3 nitrogen and oxygen atoms in total. The lowest BCUT2D eigenvalue weighted by Gasteiger charge is -2.11. The van der Waals surface area contributed by atoms with Crippen molar-refractivity contribution < 1.29 is 18.3 Å². The number of hydrogen-bond donors (Lipinski definition) is 1. The van der Waals surface area contributed by atoms with Crippen molar-refractivity contribution >= 4 is 5.78 Å². The molecule has 1 aromatic rings. The first-order valence-electron chi connectivity index (χ1n) is 4.72. The summed E-state index contributed by atoms with van der Waals surface area (Å²) in [6.07, 6.45) is 0. The van der Waals surface area contributed by atoms with E-state index in [0.717, 1.165) is 6.07 Å². The molecule has 0 saturated carbocycles. The van der Waals surface area contributed by atoms with E-state index in [0.29, 0.717) is 0 Å². The van der Waals surface area contributed by atoms with Gasteiger partial charge in [0.15, 0.2) is 5.78 Å². The van der Waals surface area contributed by atoms with Gasteiger partial charge in [0, 0.05) is 7.11 Å². The van der Waals surface area contributed by atoms with Crippen molar-refractivity contribution in [2.24, 2.45) is 5.73 Å². The minimum atomic E-state index is -1.06. The van der Waals surface area contributed by atoms with Crippen LogP contribution >= 0.6 is 0 Å². The van der Waals surface area contributed by atoms with Crippen LogP contribution in [0.1, 0.15) is 15.9 Å². The average Bonchev–Trinajstić information content (AvgIpc) is 2.24. The molecule has 0 fully saturated rings. The second-order valence-electron chi connectivity index (χ2n) is 3.48. The first-order chi connectivity index (χ1) is 7.49. The molecule has 0 amide bonds. The van der Waals surface area contributed by atoms with E-state index in [1.54, 1.807) is 0 Å². The molecule has 0 aliphatic heterocycles. The Morgan fingerprint density at radius 1 is 1.50 bits per heavy atom. The molecule has 1 unspecified atom stereocenters. The monoisotopic (exact) mass is 229 g/mol. The number of halogens is 2. The Bertz CT molecular complexity index is 407. The highest BCUT2D eigenvalue weighted by Gasteiger charge is 2.24. The summed E-state index contributed by atoms with van der Waals surface area (Å²) >= 11 is 0. The van der Waals surface area contributed by atoms with E-state index in [9.17, 15) is 13.6 Å².